The summed E-state index contributed by atoms with van der Waals surface area (Å²) in [6, 6.07) is 7.70. The number of nitrogens with zero attached hydrogens (tertiary/aromatic N) is 2. The Bertz CT molecular complexity index is 637. The zero-order valence-electron chi connectivity index (χ0n) is 9.45. The van der Waals surface area contributed by atoms with Gasteiger partial charge in [0.2, 0.25) is 5.88 Å². The number of nitriles is 1. The zero-order valence-corrected chi connectivity index (χ0v) is 11.0. The van der Waals surface area contributed by atoms with Crippen LogP contribution in [0.3, 0.4) is 0 Å². The predicted molar refractivity (Wildman–Crippen MR) is 67.9 cm³/mol. The van der Waals surface area contributed by atoms with Gasteiger partial charge in [0, 0.05) is 16.7 Å². The standard InChI is InChI=1S/C13H8BrFN2O/c1-8-5-13(17-7-10(8)14)18-12-4-2-3-11(15)9(12)6-16/h2-5,7H,1H3. The van der Waals surface area contributed by atoms with Crippen LogP contribution in [0.5, 0.6) is 11.6 Å². The van der Waals surface area contributed by atoms with Gasteiger partial charge < -0.3 is 4.74 Å². The molecule has 0 spiro atoms. The first-order valence-corrected chi connectivity index (χ1v) is 5.89. The van der Waals surface area contributed by atoms with Gasteiger partial charge in [0.05, 0.1) is 0 Å². The highest BCUT2D eigenvalue weighted by atomic mass is 79.9. The van der Waals surface area contributed by atoms with E-state index in [4.69, 9.17) is 10.00 Å². The van der Waals surface area contributed by atoms with Gasteiger partial charge in [-0.15, -0.1) is 0 Å². The first-order chi connectivity index (χ1) is 8.61. The number of benzene rings is 1. The maximum absolute atomic E-state index is 13.4. The van der Waals surface area contributed by atoms with Crippen LogP contribution in [0.15, 0.2) is 34.9 Å². The monoisotopic (exact) mass is 306 g/mol. The first kappa shape index (κ1) is 12.5. The minimum Gasteiger partial charge on any atom is -0.438 e. The van der Waals surface area contributed by atoms with E-state index in [-0.39, 0.29) is 11.3 Å². The third kappa shape index (κ3) is 2.49. The van der Waals surface area contributed by atoms with Gasteiger partial charge in [-0.25, -0.2) is 9.37 Å². The van der Waals surface area contributed by atoms with Gasteiger partial charge >= 0.3 is 0 Å². The zero-order chi connectivity index (χ0) is 13.1. The van der Waals surface area contributed by atoms with Crippen LogP contribution < -0.4 is 4.74 Å². The van der Waals surface area contributed by atoms with E-state index in [0.717, 1.165) is 10.0 Å². The number of hydrogen-bond acceptors (Lipinski definition) is 3. The number of pyridine rings is 1. The lowest BCUT2D eigenvalue weighted by molar-refractivity contribution is 0.455. The largest absolute Gasteiger partial charge is 0.438 e. The molecule has 1 heterocycles. The van der Waals surface area contributed by atoms with E-state index in [1.54, 1.807) is 18.3 Å². The normalized spacial score (nSPS) is 9.89. The quantitative estimate of drug-likeness (QED) is 0.843. The van der Waals surface area contributed by atoms with Gasteiger partial charge in [0.1, 0.15) is 23.2 Å². The molecule has 0 fully saturated rings. The van der Waals surface area contributed by atoms with Gasteiger partial charge in [-0.1, -0.05) is 6.07 Å². The molecule has 1 aromatic carbocycles. The Kier molecular flexibility index (Phi) is 3.58. The Balaban J connectivity index is 2.37. The molecule has 0 aliphatic carbocycles. The third-order valence-electron chi connectivity index (χ3n) is 2.32. The Morgan fingerprint density at radius 3 is 2.89 bits per heavy atom. The minimum absolute atomic E-state index is 0.125. The molecule has 0 aliphatic rings. The van der Waals surface area contributed by atoms with Gasteiger partial charge in [-0.05, 0) is 40.5 Å². The molecule has 2 aromatic rings. The molecule has 0 unspecified atom stereocenters. The number of hydrogen-bond donors (Lipinski definition) is 0. The van der Waals surface area contributed by atoms with E-state index in [1.165, 1.54) is 18.2 Å². The molecular formula is C13H8BrFN2O. The summed E-state index contributed by atoms with van der Waals surface area (Å²) in [6.07, 6.45) is 1.59. The molecule has 0 saturated carbocycles. The number of rotatable bonds is 2. The topological polar surface area (TPSA) is 45.9 Å². The second kappa shape index (κ2) is 5.15. The van der Waals surface area contributed by atoms with Crippen molar-refractivity contribution in [3.05, 3.63) is 51.9 Å². The second-order valence-corrected chi connectivity index (χ2v) is 4.45. The molecule has 5 heteroatoms. The Morgan fingerprint density at radius 1 is 1.44 bits per heavy atom. The highest BCUT2D eigenvalue weighted by Crippen LogP contribution is 2.27. The number of aromatic nitrogens is 1. The fourth-order valence-corrected chi connectivity index (χ4v) is 1.60. The van der Waals surface area contributed by atoms with Crippen LogP contribution in [0.4, 0.5) is 4.39 Å². The molecule has 0 aliphatic heterocycles. The molecule has 1 aromatic heterocycles. The van der Waals surface area contributed by atoms with E-state index < -0.39 is 5.82 Å². The maximum atomic E-state index is 13.4. The summed E-state index contributed by atoms with van der Waals surface area (Å²) in [5.41, 5.74) is 0.815. The van der Waals surface area contributed by atoms with Crippen LogP contribution >= 0.6 is 15.9 Å². The summed E-state index contributed by atoms with van der Waals surface area (Å²) in [4.78, 5) is 4.04. The maximum Gasteiger partial charge on any atom is 0.219 e. The minimum atomic E-state index is -0.608. The fourth-order valence-electron chi connectivity index (χ4n) is 1.38. The number of halogens is 2. The van der Waals surface area contributed by atoms with Crippen molar-refractivity contribution in [2.75, 3.05) is 0 Å². The molecule has 0 N–H and O–H groups in total. The van der Waals surface area contributed by atoms with E-state index in [0.29, 0.717) is 5.88 Å². The van der Waals surface area contributed by atoms with Crippen molar-refractivity contribution in [2.24, 2.45) is 0 Å². The number of ether oxygens (including phenoxy) is 1. The van der Waals surface area contributed by atoms with Crippen molar-refractivity contribution in [3.8, 4) is 17.7 Å². The van der Waals surface area contributed by atoms with Gasteiger partial charge in [-0.3, -0.25) is 0 Å². The summed E-state index contributed by atoms with van der Waals surface area (Å²) in [6.45, 7) is 1.88. The van der Waals surface area contributed by atoms with Crippen LogP contribution in [0.1, 0.15) is 11.1 Å². The van der Waals surface area contributed by atoms with Gasteiger partial charge in [0.25, 0.3) is 0 Å². The molecule has 2 rings (SSSR count). The molecule has 0 atom stereocenters. The molecule has 3 nitrogen and oxygen atoms in total. The molecule has 18 heavy (non-hydrogen) atoms. The van der Waals surface area contributed by atoms with Gasteiger partial charge in [0.15, 0.2) is 0 Å². The number of aryl methyl sites for hydroxylation is 1. The Labute approximate surface area is 112 Å². The highest BCUT2D eigenvalue weighted by molar-refractivity contribution is 9.10. The van der Waals surface area contributed by atoms with Crippen molar-refractivity contribution in [3.63, 3.8) is 0 Å². The van der Waals surface area contributed by atoms with E-state index >= 15 is 0 Å². The van der Waals surface area contributed by atoms with Crippen molar-refractivity contribution in [1.82, 2.24) is 4.98 Å². The molecular weight excluding hydrogens is 299 g/mol. The van der Waals surface area contributed by atoms with Crippen molar-refractivity contribution in [1.29, 1.82) is 5.26 Å². The molecule has 90 valence electrons. The average molecular weight is 307 g/mol. The lowest BCUT2D eigenvalue weighted by Gasteiger charge is -2.07. The van der Waals surface area contributed by atoms with Crippen LogP contribution in [-0.4, -0.2) is 4.98 Å². The van der Waals surface area contributed by atoms with Crippen molar-refractivity contribution in [2.45, 2.75) is 6.92 Å². The van der Waals surface area contributed by atoms with Crippen LogP contribution in [0.25, 0.3) is 0 Å². The SMILES string of the molecule is Cc1cc(Oc2cccc(F)c2C#N)ncc1Br. The molecule has 0 amide bonds. The molecule has 0 bridgehead atoms. The molecule has 0 radical (unpaired) electrons. The third-order valence-corrected chi connectivity index (χ3v) is 3.15. The van der Waals surface area contributed by atoms with E-state index in [2.05, 4.69) is 20.9 Å². The lowest BCUT2D eigenvalue weighted by atomic mass is 10.2. The molecule has 0 saturated heterocycles. The summed E-state index contributed by atoms with van der Waals surface area (Å²) < 4.78 is 19.6. The summed E-state index contributed by atoms with van der Waals surface area (Å²) in [5.74, 6) is -0.131. The van der Waals surface area contributed by atoms with Crippen LogP contribution in [-0.2, 0) is 0 Å². The van der Waals surface area contributed by atoms with Crippen LogP contribution in [0.2, 0.25) is 0 Å². The Hall–Kier alpha value is -1.93. The first-order valence-electron chi connectivity index (χ1n) is 5.10. The van der Waals surface area contributed by atoms with E-state index in [1.807, 2.05) is 6.92 Å². The lowest BCUT2D eigenvalue weighted by Crippen LogP contribution is -1.94. The highest BCUT2D eigenvalue weighted by Gasteiger charge is 2.10. The second-order valence-electron chi connectivity index (χ2n) is 3.60. The van der Waals surface area contributed by atoms with Crippen molar-refractivity contribution >= 4 is 15.9 Å². The van der Waals surface area contributed by atoms with E-state index in [9.17, 15) is 4.39 Å². The average Bonchev–Trinajstić information content (AvgIpc) is 2.34. The summed E-state index contributed by atoms with van der Waals surface area (Å²) >= 11 is 3.32. The van der Waals surface area contributed by atoms with Gasteiger partial charge in [-0.2, -0.15) is 5.26 Å². The summed E-state index contributed by atoms with van der Waals surface area (Å²) in [7, 11) is 0. The fraction of sp³-hybridized carbons (Fsp3) is 0.0769. The van der Waals surface area contributed by atoms with Crippen LogP contribution in [0, 0.1) is 24.1 Å². The smallest absolute Gasteiger partial charge is 0.219 e. The van der Waals surface area contributed by atoms with Crippen molar-refractivity contribution < 1.29 is 9.13 Å². The Morgan fingerprint density at radius 2 is 2.22 bits per heavy atom. The predicted octanol–water partition coefficient (Wildman–Crippen LogP) is 3.96. The summed E-state index contributed by atoms with van der Waals surface area (Å²) in [5, 5.41) is 8.88.